The highest BCUT2D eigenvalue weighted by Gasteiger charge is 2.27. The summed E-state index contributed by atoms with van der Waals surface area (Å²) >= 11 is 0. The average molecular weight is 442 g/mol. The molecule has 0 aliphatic carbocycles. The number of aryl methyl sites for hydroxylation is 1. The molecular formula is C24H31N3O3S. The van der Waals surface area contributed by atoms with Gasteiger partial charge in [-0.2, -0.15) is 0 Å². The molecule has 0 radical (unpaired) electrons. The summed E-state index contributed by atoms with van der Waals surface area (Å²) in [5.74, 6) is -0.157. The molecule has 0 unspecified atom stereocenters. The molecule has 2 aromatic rings. The zero-order valence-electron chi connectivity index (χ0n) is 18.3. The Balaban J connectivity index is 1.57. The molecule has 0 N–H and O–H groups in total. The fourth-order valence-electron chi connectivity index (χ4n) is 3.74. The van der Waals surface area contributed by atoms with E-state index in [1.54, 1.807) is 17.0 Å². The molecule has 1 fully saturated rings. The first kappa shape index (κ1) is 23.0. The molecule has 0 aromatic heterocycles. The highest BCUT2D eigenvalue weighted by molar-refractivity contribution is 7.92. The predicted octanol–water partition coefficient (Wildman–Crippen LogP) is 2.87. The Morgan fingerprint density at radius 1 is 1.00 bits per heavy atom. The molecule has 1 aliphatic heterocycles. The highest BCUT2D eigenvalue weighted by atomic mass is 32.2. The van der Waals surface area contributed by atoms with Gasteiger partial charge >= 0.3 is 0 Å². The smallest absolute Gasteiger partial charge is 0.243 e. The van der Waals surface area contributed by atoms with E-state index in [1.807, 2.05) is 37.3 Å². The Morgan fingerprint density at radius 2 is 1.65 bits per heavy atom. The second-order valence-corrected chi connectivity index (χ2v) is 9.65. The molecule has 1 saturated heterocycles. The predicted molar refractivity (Wildman–Crippen MR) is 127 cm³/mol. The number of carbonyl (C=O) groups is 1. The van der Waals surface area contributed by atoms with E-state index in [1.165, 1.54) is 9.87 Å². The zero-order valence-corrected chi connectivity index (χ0v) is 19.1. The number of benzene rings is 2. The molecule has 3 rings (SSSR count). The lowest BCUT2D eigenvalue weighted by molar-refractivity contribution is -0.131. The Kier molecular flexibility index (Phi) is 7.87. The van der Waals surface area contributed by atoms with E-state index in [2.05, 4.69) is 29.2 Å². The number of amides is 1. The lowest BCUT2D eigenvalue weighted by Crippen LogP contribution is -2.51. The van der Waals surface area contributed by atoms with E-state index < -0.39 is 10.0 Å². The normalized spacial score (nSPS) is 15.4. The van der Waals surface area contributed by atoms with Crippen molar-refractivity contribution in [3.8, 4) is 0 Å². The van der Waals surface area contributed by atoms with Crippen LogP contribution in [0.15, 0.2) is 60.7 Å². The van der Waals surface area contributed by atoms with Crippen molar-refractivity contribution in [1.29, 1.82) is 0 Å². The average Bonchev–Trinajstić information content (AvgIpc) is 2.78. The number of carbonyl (C=O) groups excluding carboxylic acids is 1. The lowest BCUT2D eigenvalue weighted by atomic mass is 10.1. The van der Waals surface area contributed by atoms with Crippen LogP contribution in [0, 0.1) is 0 Å². The molecule has 0 spiro atoms. The maximum Gasteiger partial charge on any atom is 0.243 e. The van der Waals surface area contributed by atoms with Gasteiger partial charge in [-0.3, -0.25) is 14.0 Å². The largest absolute Gasteiger partial charge is 0.339 e. The van der Waals surface area contributed by atoms with Crippen LogP contribution in [-0.2, 0) is 21.2 Å². The summed E-state index contributed by atoms with van der Waals surface area (Å²) in [6.45, 7) is 5.40. The van der Waals surface area contributed by atoms with Gasteiger partial charge in [-0.15, -0.1) is 0 Å². The van der Waals surface area contributed by atoms with Crippen LogP contribution in [-0.4, -0.2) is 69.6 Å². The van der Waals surface area contributed by atoms with E-state index in [4.69, 9.17) is 0 Å². The van der Waals surface area contributed by atoms with Crippen molar-refractivity contribution in [2.45, 2.75) is 13.3 Å². The van der Waals surface area contributed by atoms with Gasteiger partial charge in [0.1, 0.15) is 6.54 Å². The molecule has 2 aromatic carbocycles. The summed E-state index contributed by atoms with van der Waals surface area (Å²) in [6.07, 6.45) is 6.10. The van der Waals surface area contributed by atoms with E-state index in [9.17, 15) is 13.2 Å². The van der Waals surface area contributed by atoms with Crippen molar-refractivity contribution in [2.24, 2.45) is 0 Å². The number of piperazine rings is 1. The molecular weight excluding hydrogens is 410 g/mol. The van der Waals surface area contributed by atoms with Crippen molar-refractivity contribution in [1.82, 2.24) is 9.80 Å². The summed E-state index contributed by atoms with van der Waals surface area (Å²) in [5.41, 5.74) is 2.67. The first-order valence-corrected chi connectivity index (χ1v) is 12.5. The first-order chi connectivity index (χ1) is 14.9. The van der Waals surface area contributed by atoms with Gasteiger partial charge in [-0.05, 0) is 23.6 Å². The van der Waals surface area contributed by atoms with Gasteiger partial charge in [-0.25, -0.2) is 8.42 Å². The molecule has 0 atom stereocenters. The zero-order chi connectivity index (χ0) is 22.3. The quantitative estimate of drug-likeness (QED) is 0.632. The molecule has 6 nitrogen and oxygen atoms in total. The van der Waals surface area contributed by atoms with Crippen molar-refractivity contribution in [3.63, 3.8) is 0 Å². The Labute approximate surface area is 185 Å². The highest BCUT2D eigenvalue weighted by Crippen LogP contribution is 2.23. The van der Waals surface area contributed by atoms with E-state index in [-0.39, 0.29) is 12.5 Å². The third-order valence-corrected chi connectivity index (χ3v) is 6.65. The maximum atomic E-state index is 12.9. The fraction of sp³-hybridized carbons (Fsp3) is 0.375. The van der Waals surface area contributed by atoms with Crippen LogP contribution in [0.3, 0.4) is 0 Å². The van der Waals surface area contributed by atoms with Gasteiger partial charge in [0, 0.05) is 32.7 Å². The molecule has 1 heterocycles. The summed E-state index contributed by atoms with van der Waals surface area (Å²) in [5, 5.41) is 0. The molecule has 0 saturated carbocycles. The third-order valence-electron chi connectivity index (χ3n) is 5.52. The van der Waals surface area contributed by atoms with Crippen LogP contribution in [0.4, 0.5) is 5.69 Å². The van der Waals surface area contributed by atoms with Gasteiger partial charge in [-0.1, -0.05) is 67.6 Å². The molecule has 1 aliphatic rings. The summed E-state index contributed by atoms with van der Waals surface area (Å²) in [6, 6.07) is 17.5. The van der Waals surface area contributed by atoms with E-state index in [0.29, 0.717) is 25.2 Å². The standard InChI is InChI=1S/C24H31N3O3S/c1-3-22-13-7-8-14-23(22)27(31(2,29)30)20-24(28)26-18-16-25(17-19-26)15-9-12-21-10-5-4-6-11-21/h4-14H,3,15-20H2,1-2H3. The van der Waals surface area contributed by atoms with Crippen molar-refractivity contribution in [2.75, 3.05) is 49.8 Å². The van der Waals surface area contributed by atoms with Crippen LogP contribution in [0.1, 0.15) is 18.1 Å². The second-order valence-electron chi connectivity index (χ2n) is 7.75. The molecule has 0 bridgehead atoms. The molecule has 1 amide bonds. The number of sulfonamides is 1. The minimum Gasteiger partial charge on any atom is -0.339 e. The number of para-hydroxylation sites is 1. The van der Waals surface area contributed by atoms with Gasteiger partial charge in [0.05, 0.1) is 11.9 Å². The van der Waals surface area contributed by atoms with Crippen molar-refractivity contribution < 1.29 is 13.2 Å². The van der Waals surface area contributed by atoms with Gasteiger partial charge in [0.2, 0.25) is 15.9 Å². The Hall–Kier alpha value is -2.64. The molecule has 31 heavy (non-hydrogen) atoms. The van der Waals surface area contributed by atoms with Crippen LogP contribution >= 0.6 is 0 Å². The SMILES string of the molecule is CCc1ccccc1N(CC(=O)N1CCN(CC=Cc2ccccc2)CC1)S(C)(=O)=O. The maximum absolute atomic E-state index is 12.9. The monoisotopic (exact) mass is 441 g/mol. The topological polar surface area (TPSA) is 60.9 Å². The number of hydrogen-bond donors (Lipinski definition) is 0. The van der Waals surface area contributed by atoms with Crippen LogP contribution in [0.25, 0.3) is 6.08 Å². The molecule has 166 valence electrons. The van der Waals surface area contributed by atoms with Gasteiger partial charge in [0.25, 0.3) is 0 Å². The fourth-order valence-corrected chi connectivity index (χ4v) is 4.62. The molecule has 7 heteroatoms. The minimum absolute atomic E-state index is 0.157. The van der Waals surface area contributed by atoms with E-state index >= 15 is 0 Å². The first-order valence-electron chi connectivity index (χ1n) is 10.7. The van der Waals surface area contributed by atoms with Crippen LogP contribution in [0.2, 0.25) is 0 Å². The Bertz CT molecular complexity index is 998. The summed E-state index contributed by atoms with van der Waals surface area (Å²) < 4.78 is 26.1. The summed E-state index contributed by atoms with van der Waals surface area (Å²) in [7, 11) is -3.57. The van der Waals surface area contributed by atoms with Crippen LogP contribution < -0.4 is 4.31 Å². The number of rotatable bonds is 8. The number of nitrogens with zero attached hydrogens (tertiary/aromatic N) is 3. The van der Waals surface area contributed by atoms with E-state index in [0.717, 1.165) is 31.5 Å². The second kappa shape index (κ2) is 10.6. The van der Waals surface area contributed by atoms with Gasteiger partial charge in [0.15, 0.2) is 0 Å². The van der Waals surface area contributed by atoms with Gasteiger partial charge < -0.3 is 4.90 Å². The van der Waals surface area contributed by atoms with Crippen molar-refractivity contribution >= 4 is 27.7 Å². The summed E-state index contributed by atoms with van der Waals surface area (Å²) in [4.78, 5) is 17.0. The minimum atomic E-state index is -3.57. The van der Waals surface area contributed by atoms with Crippen molar-refractivity contribution in [3.05, 3.63) is 71.8 Å². The number of anilines is 1. The van der Waals surface area contributed by atoms with Crippen LogP contribution in [0.5, 0.6) is 0 Å². The third kappa shape index (κ3) is 6.42. The Morgan fingerprint density at radius 3 is 2.29 bits per heavy atom. The lowest BCUT2D eigenvalue weighted by Gasteiger charge is -2.35. The number of hydrogen-bond acceptors (Lipinski definition) is 4.